The molecule has 0 aliphatic carbocycles. The number of ether oxygens (including phenoxy) is 1. The molecule has 1 aliphatic rings. The number of rotatable bonds is 4. The van der Waals surface area contributed by atoms with Crippen LogP contribution in [0.25, 0.3) is 0 Å². The van der Waals surface area contributed by atoms with Crippen LogP contribution in [0.1, 0.15) is 17.9 Å². The smallest absolute Gasteiger partial charge is 0.313 e. The van der Waals surface area contributed by atoms with Gasteiger partial charge in [-0.1, -0.05) is 28.1 Å². The number of methoxy groups -OCH3 is 1. The van der Waals surface area contributed by atoms with Crippen LogP contribution in [0.3, 0.4) is 0 Å². The maximum Gasteiger partial charge on any atom is 0.313 e. The second-order valence-corrected chi connectivity index (χ2v) is 7.06. The molecule has 2 aromatic rings. The van der Waals surface area contributed by atoms with E-state index in [1.807, 2.05) is 24.3 Å². The van der Waals surface area contributed by atoms with Gasteiger partial charge in [0.1, 0.15) is 6.17 Å². The minimum Gasteiger partial charge on any atom is -0.490 e. The highest BCUT2D eigenvalue weighted by atomic mass is 79.9. The van der Waals surface area contributed by atoms with Gasteiger partial charge in [-0.3, -0.25) is 10.1 Å². The van der Waals surface area contributed by atoms with Crippen molar-refractivity contribution in [2.75, 3.05) is 25.1 Å². The maximum absolute atomic E-state index is 14.8. The first kappa shape index (κ1) is 18.6. The van der Waals surface area contributed by atoms with Crippen LogP contribution >= 0.6 is 15.9 Å². The second kappa shape index (κ2) is 7.57. The molecule has 0 saturated carbocycles. The Kier molecular flexibility index (Phi) is 5.41. The number of halogens is 3. The SMILES string of the molecule is COc1cc(N2CCC(c3ccc(Br)cc3)[C@H](F)C2)c(F)cc1[N+](=O)[O-]. The predicted molar refractivity (Wildman–Crippen MR) is 98.2 cm³/mol. The lowest BCUT2D eigenvalue weighted by atomic mass is 9.88. The first-order chi connectivity index (χ1) is 12.4. The molecule has 0 N–H and O–H groups in total. The zero-order valence-corrected chi connectivity index (χ0v) is 15.6. The number of hydrogen-bond donors (Lipinski definition) is 0. The van der Waals surface area contributed by atoms with Crippen LogP contribution in [-0.2, 0) is 0 Å². The average Bonchev–Trinajstić information content (AvgIpc) is 2.62. The predicted octanol–water partition coefficient (Wildman–Crippen LogP) is 4.84. The van der Waals surface area contributed by atoms with E-state index in [2.05, 4.69) is 15.9 Å². The quantitative estimate of drug-likeness (QED) is 0.518. The number of alkyl halides is 1. The van der Waals surface area contributed by atoms with E-state index in [4.69, 9.17) is 4.74 Å². The number of piperidine rings is 1. The van der Waals surface area contributed by atoms with Gasteiger partial charge in [0, 0.05) is 29.5 Å². The van der Waals surface area contributed by atoms with E-state index in [1.165, 1.54) is 13.2 Å². The number of nitro groups is 1. The number of nitrogens with zero attached hydrogens (tertiary/aromatic N) is 2. The van der Waals surface area contributed by atoms with Crippen LogP contribution in [0, 0.1) is 15.9 Å². The molecule has 0 amide bonds. The van der Waals surface area contributed by atoms with Crippen LogP contribution in [0.2, 0.25) is 0 Å². The van der Waals surface area contributed by atoms with Gasteiger partial charge in [0.25, 0.3) is 0 Å². The van der Waals surface area contributed by atoms with Gasteiger partial charge < -0.3 is 9.64 Å². The van der Waals surface area contributed by atoms with Gasteiger partial charge in [-0.15, -0.1) is 0 Å². The van der Waals surface area contributed by atoms with Crippen LogP contribution in [0.4, 0.5) is 20.2 Å². The minimum absolute atomic E-state index is 0.0125. The molecule has 0 aromatic heterocycles. The summed E-state index contributed by atoms with van der Waals surface area (Å²) >= 11 is 3.36. The molecule has 1 fully saturated rings. The lowest BCUT2D eigenvalue weighted by Crippen LogP contribution is -2.41. The van der Waals surface area contributed by atoms with Crippen molar-refractivity contribution < 1.29 is 18.4 Å². The summed E-state index contributed by atoms with van der Waals surface area (Å²) in [5.74, 6) is -1.06. The summed E-state index contributed by atoms with van der Waals surface area (Å²) in [5.41, 5.74) is 0.571. The number of benzene rings is 2. The van der Waals surface area contributed by atoms with E-state index >= 15 is 0 Å². The summed E-state index contributed by atoms with van der Waals surface area (Å²) in [6, 6.07) is 9.59. The highest BCUT2D eigenvalue weighted by Crippen LogP contribution is 2.38. The van der Waals surface area contributed by atoms with Gasteiger partial charge in [0.05, 0.1) is 23.8 Å². The summed E-state index contributed by atoms with van der Waals surface area (Å²) in [6.45, 7) is 0.456. The Bertz CT molecular complexity index is 817. The van der Waals surface area contributed by atoms with Crippen molar-refractivity contribution in [2.24, 2.45) is 0 Å². The molecule has 0 radical (unpaired) electrons. The van der Waals surface area contributed by atoms with Gasteiger partial charge in [0.2, 0.25) is 0 Å². The molecule has 1 aliphatic heterocycles. The number of hydrogen-bond acceptors (Lipinski definition) is 4. The molecule has 0 spiro atoms. The van der Waals surface area contributed by atoms with Gasteiger partial charge in [-0.25, -0.2) is 8.78 Å². The largest absolute Gasteiger partial charge is 0.490 e. The van der Waals surface area contributed by atoms with Crippen LogP contribution in [0.5, 0.6) is 5.75 Å². The van der Waals surface area contributed by atoms with Crippen LogP contribution in [0.15, 0.2) is 40.9 Å². The lowest BCUT2D eigenvalue weighted by molar-refractivity contribution is -0.385. The fraction of sp³-hybridized carbons (Fsp3) is 0.333. The molecule has 8 heteroatoms. The van der Waals surface area contributed by atoms with E-state index in [0.29, 0.717) is 13.0 Å². The Balaban J connectivity index is 1.82. The summed E-state index contributed by atoms with van der Waals surface area (Å²) in [4.78, 5) is 11.8. The van der Waals surface area contributed by atoms with Gasteiger partial charge in [0.15, 0.2) is 11.6 Å². The average molecular weight is 427 g/mol. The van der Waals surface area contributed by atoms with Crippen molar-refractivity contribution in [3.8, 4) is 5.75 Å². The van der Waals surface area contributed by atoms with Gasteiger partial charge in [-0.2, -0.15) is 0 Å². The standard InChI is InChI=1S/C18H17BrF2N2O3/c1-26-18-9-16(14(20)8-17(18)23(24)25)22-7-6-13(15(21)10-22)11-2-4-12(19)5-3-11/h2-5,8-9,13,15H,6-7,10H2,1H3/t13?,15-/m1/s1. The fourth-order valence-electron chi connectivity index (χ4n) is 3.29. The van der Waals surface area contributed by atoms with E-state index in [0.717, 1.165) is 16.1 Å². The molecule has 2 aromatic carbocycles. The summed E-state index contributed by atoms with van der Waals surface area (Å²) < 4.78 is 35.1. The van der Waals surface area contributed by atoms with Gasteiger partial charge >= 0.3 is 5.69 Å². The Morgan fingerprint density at radius 2 is 2.00 bits per heavy atom. The maximum atomic E-state index is 14.8. The van der Waals surface area contributed by atoms with Gasteiger partial charge in [-0.05, 0) is 24.1 Å². The molecule has 1 heterocycles. The van der Waals surface area contributed by atoms with Crippen molar-refractivity contribution in [1.82, 2.24) is 0 Å². The highest BCUT2D eigenvalue weighted by molar-refractivity contribution is 9.10. The van der Waals surface area contributed by atoms with E-state index in [-0.39, 0.29) is 23.9 Å². The molecule has 0 bridgehead atoms. The van der Waals surface area contributed by atoms with Crippen molar-refractivity contribution in [1.29, 1.82) is 0 Å². The van der Waals surface area contributed by atoms with Crippen LogP contribution < -0.4 is 9.64 Å². The topological polar surface area (TPSA) is 55.6 Å². The van der Waals surface area contributed by atoms with Crippen molar-refractivity contribution >= 4 is 27.3 Å². The zero-order chi connectivity index (χ0) is 18.8. The van der Waals surface area contributed by atoms with E-state index in [1.54, 1.807) is 4.90 Å². The molecular formula is C18H17BrF2N2O3. The molecule has 5 nitrogen and oxygen atoms in total. The minimum atomic E-state index is -1.18. The van der Waals surface area contributed by atoms with E-state index in [9.17, 15) is 18.9 Å². The van der Waals surface area contributed by atoms with E-state index < -0.39 is 22.6 Å². The first-order valence-electron chi connectivity index (χ1n) is 8.07. The molecule has 3 rings (SSSR count). The molecule has 1 saturated heterocycles. The molecule has 1 unspecified atom stereocenters. The molecule has 2 atom stereocenters. The zero-order valence-electron chi connectivity index (χ0n) is 14.0. The first-order valence-corrected chi connectivity index (χ1v) is 8.86. The lowest BCUT2D eigenvalue weighted by Gasteiger charge is -2.36. The number of nitro benzene ring substituents is 1. The monoisotopic (exact) mass is 426 g/mol. The molecule has 26 heavy (non-hydrogen) atoms. The summed E-state index contributed by atoms with van der Waals surface area (Å²) in [5, 5.41) is 11.0. The highest BCUT2D eigenvalue weighted by Gasteiger charge is 2.32. The van der Waals surface area contributed by atoms with Crippen molar-refractivity contribution in [2.45, 2.75) is 18.5 Å². The Morgan fingerprint density at radius 3 is 2.58 bits per heavy atom. The fourth-order valence-corrected chi connectivity index (χ4v) is 3.55. The molecule has 138 valence electrons. The Hall–Kier alpha value is -2.22. The third-order valence-corrected chi connectivity index (χ3v) is 5.15. The number of anilines is 1. The third-order valence-electron chi connectivity index (χ3n) is 4.63. The Morgan fingerprint density at radius 1 is 1.31 bits per heavy atom. The van der Waals surface area contributed by atoms with Crippen LogP contribution in [-0.4, -0.2) is 31.3 Å². The van der Waals surface area contributed by atoms with Crippen molar-refractivity contribution in [3.63, 3.8) is 0 Å². The Labute approximate surface area is 157 Å². The third kappa shape index (κ3) is 3.65. The van der Waals surface area contributed by atoms with Crippen molar-refractivity contribution in [3.05, 3.63) is 62.4 Å². The summed E-state index contributed by atoms with van der Waals surface area (Å²) in [6.07, 6.45) is -0.660. The second-order valence-electron chi connectivity index (χ2n) is 6.14. The summed E-state index contributed by atoms with van der Waals surface area (Å²) in [7, 11) is 1.28. The normalized spacial score (nSPS) is 20.1. The molecular weight excluding hydrogens is 410 g/mol.